The molecule has 2 fully saturated rings. The molecule has 1 amide bonds. The molecule has 0 saturated carbocycles. The summed E-state index contributed by atoms with van der Waals surface area (Å²) in [5, 5.41) is 3.51. The highest BCUT2D eigenvalue weighted by atomic mass is 35.5. The number of nitrogens with one attached hydrogen (secondary N) is 1. The van der Waals surface area contributed by atoms with Gasteiger partial charge in [-0.05, 0) is 44.1 Å². The van der Waals surface area contributed by atoms with E-state index in [4.69, 9.17) is 16.3 Å². The second-order valence-electron chi connectivity index (χ2n) is 5.42. The smallest absolute Gasteiger partial charge is 0.317 e. The summed E-state index contributed by atoms with van der Waals surface area (Å²) in [5.41, 5.74) is -0.640. The Morgan fingerprint density at radius 3 is 2.67 bits per heavy atom. The number of morpholine rings is 1. The molecule has 1 N–H and O–H groups in total. The Kier molecular flexibility index (Phi) is 3.63. The van der Waals surface area contributed by atoms with E-state index in [0.29, 0.717) is 36.6 Å². The molecule has 0 atom stereocenters. The van der Waals surface area contributed by atoms with E-state index in [1.54, 1.807) is 18.2 Å². The van der Waals surface area contributed by atoms with Gasteiger partial charge in [-0.3, -0.25) is 4.79 Å². The summed E-state index contributed by atoms with van der Waals surface area (Å²) in [5.74, 6) is -1.34. The fourth-order valence-corrected chi connectivity index (χ4v) is 3.04. The first kappa shape index (κ1) is 14.7. The zero-order valence-corrected chi connectivity index (χ0v) is 12.0. The summed E-state index contributed by atoms with van der Waals surface area (Å²) in [6.07, 6.45) is -2.93. The number of carbonyl (C=O) groups excluding carboxylic acids is 1. The van der Waals surface area contributed by atoms with E-state index >= 15 is 0 Å². The van der Waals surface area contributed by atoms with Gasteiger partial charge in [0.05, 0.1) is 12.1 Å². The Labute approximate surface area is 126 Å². The van der Waals surface area contributed by atoms with Crippen molar-refractivity contribution in [1.82, 2.24) is 5.32 Å². The summed E-state index contributed by atoms with van der Waals surface area (Å²) >= 11 is 5.89. The van der Waals surface area contributed by atoms with Gasteiger partial charge in [-0.15, -0.1) is 0 Å². The van der Waals surface area contributed by atoms with Crippen LogP contribution in [0.4, 0.5) is 14.5 Å². The van der Waals surface area contributed by atoms with Gasteiger partial charge in [-0.1, -0.05) is 17.7 Å². The lowest BCUT2D eigenvalue weighted by Gasteiger charge is -2.47. The zero-order chi connectivity index (χ0) is 15.1. The monoisotopic (exact) mass is 316 g/mol. The molecule has 3 rings (SSSR count). The number of alkyl halides is 2. The highest BCUT2D eigenvalue weighted by Crippen LogP contribution is 2.39. The normalized spacial score (nSPS) is 24.3. The van der Waals surface area contributed by atoms with Crippen molar-refractivity contribution in [3.63, 3.8) is 0 Å². The van der Waals surface area contributed by atoms with Crippen molar-refractivity contribution in [3.8, 4) is 0 Å². The van der Waals surface area contributed by atoms with Crippen LogP contribution in [-0.4, -0.2) is 37.3 Å². The van der Waals surface area contributed by atoms with Crippen molar-refractivity contribution in [2.45, 2.75) is 24.6 Å². The number of carbonyl (C=O) groups is 1. The first-order chi connectivity index (χ1) is 9.92. The van der Waals surface area contributed by atoms with Crippen LogP contribution in [0.3, 0.4) is 0 Å². The average molecular weight is 317 g/mol. The van der Waals surface area contributed by atoms with Crippen LogP contribution in [-0.2, 0) is 9.53 Å². The van der Waals surface area contributed by atoms with Gasteiger partial charge in [0, 0.05) is 10.7 Å². The molecule has 21 heavy (non-hydrogen) atoms. The average Bonchev–Trinajstić information content (AvgIpc) is 2.43. The summed E-state index contributed by atoms with van der Waals surface area (Å²) in [4.78, 5) is 13.1. The van der Waals surface area contributed by atoms with Crippen LogP contribution in [0.2, 0.25) is 5.02 Å². The number of hydrogen-bond donors (Lipinski definition) is 1. The molecular weight excluding hydrogens is 302 g/mol. The van der Waals surface area contributed by atoms with Crippen LogP contribution >= 0.6 is 11.6 Å². The van der Waals surface area contributed by atoms with Gasteiger partial charge in [-0.25, -0.2) is 0 Å². The third-order valence-corrected chi connectivity index (χ3v) is 4.15. The van der Waals surface area contributed by atoms with Gasteiger partial charge in [0.15, 0.2) is 0 Å². The Hall–Kier alpha value is -1.24. The minimum atomic E-state index is -3.81. The van der Waals surface area contributed by atoms with Gasteiger partial charge >= 0.3 is 12.0 Å². The van der Waals surface area contributed by atoms with Gasteiger partial charge in [0.1, 0.15) is 0 Å². The van der Waals surface area contributed by atoms with Crippen LogP contribution in [0, 0.1) is 0 Å². The molecule has 2 saturated heterocycles. The molecule has 0 unspecified atom stereocenters. The number of hydrogen-bond acceptors (Lipinski definition) is 3. The van der Waals surface area contributed by atoms with Gasteiger partial charge in [0.2, 0.25) is 0 Å². The van der Waals surface area contributed by atoms with Crippen LogP contribution in [0.1, 0.15) is 12.8 Å². The Morgan fingerprint density at radius 1 is 1.29 bits per heavy atom. The number of piperidine rings is 1. The molecule has 7 heteroatoms. The molecule has 1 aromatic carbocycles. The molecule has 1 aromatic rings. The topological polar surface area (TPSA) is 41.6 Å². The summed E-state index contributed by atoms with van der Waals surface area (Å²) < 4.78 is 32.9. The lowest BCUT2D eigenvalue weighted by atomic mass is 9.89. The molecule has 2 heterocycles. The van der Waals surface area contributed by atoms with E-state index in [1.165, 1.54) is 6.07 Å². The summed E-state index contributed by atoms with van der Waals surface area (Å²) in [6.45, 7) is 1.30. The number of halogens is 3. The highest BCUT2D eigenvalue weighted by Gasteiger charge is 2.57. The van der Waals surface area contributed by atoms with E-state index in [-0.39, 0.29) is 6.54 Å². The minimum Gasteiger partial charge on any atom is -0.317 e. The van der Waals surface area contributed by atoms with Crippen molar-refractivity contribution < 1.29 is 18.3 Å². The molecule has 0 aromatic heterocycles. The van der Waals surface area contributed by atoms with E-state index < -0.39 is 17.6 Å². The second-order valence-corrected chi connectivity index (χ2v) is 5.86. The molecule has 0 radical (unpaired) electrons. The maximum absolute atomic E-state index is 14.0. The number of benzene rings is 1. The Morgan fingerprint density at radius 2 is 2.00 bits per heavy atom. The van der Waals surface area contributed by atoms with Crippen molar-refractivity contribution in [3.05, 3.63) is 29.3 Å². The van der Waals surface area contributed by atoms with E-state index in [9.17, 15) is 13.6 Å². The fraction of sp³-hybridized carbons (Fsp3) is 0.500. The third kappa shape index (κ3) is 2.75. The number of amides is 1. The number of nitrogens with zero attached hydrogens (tertiary/aromatic N) is 1. The lowest BCUT2D eigenvalue weighted by Crippen LogP contribution is -2.64. The molecule has 0 bridgehead atoms. The lowest BCUT2D eigenvalue weighted by molar-refractivity contribution is -0.290. The van der Waals surface area contributed by atoms with E-state index in [0.717, 1.165) is 4.90 Å². The summed E-state index contributed by atoms with van der Waals surface area (Å²) in [7, 11) is 0. The SMILES string of the molecule is O=C1N(c2cccc(Cl)c2)CC2(CCNCC2)OC1(F)F. The molecule has 2 aliphatic heterocycles. The van der Waals surface area contributed by atoms with E-state index in [2.05, 4.69) is 5.32 Å². The second kappa shape index (κ2) is 5.19. The third-order valence-electron chi connectivity index (χ3n) is 3.92. The number of ether oxygens (including phenoxy) is 1. The number of rotatable bonds is 1. The maximum atomic E-state index is 14.0. The van der Waals surface area contributed by atoms with Crippen molar-refractivity contribution in [2.75, 3.05) is 24.5 Å². The molecule has 4 nitrogen and oxygen atoms in total. The predicted octanol–water partition coefficient (Wildman–Crippen LogP) is 2.42. The molecule has 1 spiro atoms. The fourth-order valence-electron chi connectivity index (χ4n) is 2.86. The maximum Gasteiger partial charge on any atom is 0.437 e. The standard InChI is InChI=1S/C14H15ClF2N2O2/c15-10-2-1-3-11(8-10)19-9-13(4-6-18-7-5-13)21-14(16,17)12(19)20/h1-3,8,18H,4-7,9H2. The zero-order valence-electron chi connectivity index (χ0n) is 11.2. The Balaban J connectivity index is 1.96. The largest absolute Gasteiger partial charge is 0.437 e. The molecule has 0 aliphatic carbocycles. The molecule has 2 aliphatic rings. The van der Waals surface area contributed by atoms with Gasteiger partial charge < -0.3 is 15.0 Å². The molecule has 114 valence electrons. The summed E-state index contributed by atoms with van der Waals surface area (Å²) in [6, 6.07) is 6.37. The first-order valence-corrected chi connectivity index (χ1v) is 7.16. The van der Waals surface area contributed by atoms with Crippen LogP contribution < -0.4 is 10.2 Å². The van der Waals surface area contributed by atoms with Crippen molar-refractivity contribution >= 4 is 23.2 Å². The quantitative estimate of drug-likeness (QED) is 0.865. The van der Waals surface area contributed by atoms with E-state index in [1.807, 2.05) is 0 Å². The van der Waals surface area contributed by atoms with Gasteiger partial charge in [0.25, 0.3) is 0 Å². The molecular formula is C14H15ClF2N2O2. The first-order valence-electron chi connectivity index (χ1n) is 6.78. The number of anilines is 1. The Bertz CT molecular complexity index is 562. The van der Waals surface area contributed by atoms with Crippen LogP contribution in [0.5, 0.6) is 0 Å². The van der Waals surface area contributed by atoms with Crippen LogP contribution in [0.25, 0.3) is 0 Å². The van der Waals surface area contributed by atoms with Crippen LogP contribution in [0.15, 0.2) is 24.3 Å². The predicted molar refractivity (Wildman–Crippen MR) is 74.7 cm³/mol. The van der Waals surface area contributed by atoms with Gasteiger partial charge in [-0.2, -0.15) is 8.78 Å². The minimum absolute atomic E-state index is 0.115. The van der Waals surface area contributed by atoms with Crippen molar-refractivity contribution in [1.29, 1.82) is 0 Å². The van der Waals surface area contributed by atoms with Crippen molar-refractivity contribution in [2.24, 2.45) is 0 Å². The highest BCUT2D eigenvalue weighted by molar-refractivity contribution is 6.30.